The Labute approximate surface area is 143 Å². The van der Waals surface area contributed by atoms with E-state index in [1.165, 1.54) is 37.3 Å². The zero-order valence-corrected chi connectivity index (χ0v) is 15.0. The summed E-state index contributed by atoms with van der Waals surface area (Å²) in [6.45, 7) is 5.69. The minimum Gasteiger partial charge on any atom is -0.377 e. The van der Waals surface area contributed by atoms with Gasteiger partial charge in [-0.1, -0.05) is 23.8 Å². The molecule has 0 aliphatic carbocycles. The van der Waals surface area contributed by atoms with Gasteiger partial charge in [0.05, 0.1) is 4.90 Å². The molecule has 1 aromatic carbocycles. The first kappa shape index (κ1) is 18.6. The maximum Gasteiger partial charge on any atom is 0.243 e. The summed E-state index contributed by atoms with van der Waals surface area (Å²) in [7, 11) is -0.868. The van der Waals surface area contributed by atoms with Gasteiger partial charge in [0.1, 0.15) is 11.4 Å². The van der Waals surface area contributed by atoms with Crippen LogP contribution in [-0.2, 0) is 24.1 Å². The van der Waals surface area contributed by atoms with Crippen molar-refractivity contribution in [1.82, 2.24) is 4.90 Å². The minimum atomic E-state index is -3.81. The maximum absolute atomic E-state index is 12.9. The van der Waals surface area contributed by atoms with Crippen molar-refractivity contribution < 1.29 is 22.7 Å². The van der Waals surface area contributed by atoms with Crippen molar-refractivity contribution in [2.45, 2.75) is 35.8 Å². The van der Waals surface area contributed by atoms with E-state index in [-0.39, 0.29) is 17.9 Å². The quantitative estimate of drug-likeness (QED) is 0.726. The van der Waals surface area contributed by atoms with Gasteiger partial charge in [0.2, 0.25) is 5.91 Å². The molecule has 7 heteroatoms. The summed E-state index contributed by atoms with van der Waals surface area (Å²) >= 11 is 0. The topological polar surface area (TPSA) is 72.9 Å². The minimum absolute atomic E-state index is 0.0533. The second-order valence-electron chi connectivity index (χ2n) is 5.76. The van der Waals surface area contributed by atoms with Crippen LogP contribution in [0.15, 0.2) is 41.8 Å². The molecule has 24 heavy (non-hydrogen) atoms. The van der Waals surface area contributed by atoms with Crippen LogP contribution >= 0.6 is 0 Å². The second-order valence-corrected chi connectivity index (χ2v) is 7.89. The van der Waals surface area contributed by atoms with Gasteiger partial charge in [0, 0.05) is 27.2 Å². The van der Waals surface area contributed by atoms with Crippen LogP contribution in [0.5, 0.6) is 0 Å². The first-order valence-corrected chi connectivity index (χ1v) is 9.19. The highest BCUT2D eigenvalue weighted by Crippen LogP contribution is 2.30. The highest BCUT2D eigenvalue weighted by molar-refractivity contribution is 7.92. The lowest BCUT2D eigenvalue weighted by molar-refractivity contribution is -0.168. The van der Waals surface area contributed by atoms with E-state index in [0.29, 0.717) is 0 Å². The zero-order chi connectivity index (χ0) is 17.9. The van der Waals surface area contributed by atoms with Gasteiger partial charge < -0.3 is 14.4 Å². The molecular formula is C17H23NO5S. The molecule has 1 heterocycles. The van der Waals surface area contributed by atoms with Crippen molar-refractivity contribution >= 4 is 15.7 Å². The van der Waals surface area contributed by atoms with Crippen LogP contribution in [0.3, 0.4) is 0 Å². The zero-order valence-electron chi connectivity index (χ0n) is 14.1. The number of amides is 1. The van der Waals surface area contributed by atoms with Gasteiger partial charge in [-0.3, -0.25) is 4.79 Å². The molecule has 3 atom stereocenters. The molecular weight excluding hydrogens is 330 g/mol. The Morgan fingerprint density at radius 3 is 2.38 bits per heavy atom. The van der Waals surface area contributed by atoms with Gasteiger partial charge in [0.15, 0.2) is 16.1 Å². The SMILES string of the molecule is C=CCN1C(=O)[C@H](S(=O)(=O)c2ccc(C)cc2)C[C@@H](OC)[C@@H]1OC. The number of benzene rings is 1. The van der Waals surface area contributed by atoms with E-state index in [2.05, 4.69) is 6.58 Å². The van der Waals surface area contributed by atoms with E-state index in [1.54, 1.807) is 12.1 Å². The molecule has 0 aromatic heterocycles. The van der Waals surface area contributed by atoms with Crippen LogP contribution in [0.25, 0.3) is 0 Å². The molecule has 0 radical (unpaired) electrons. The van der Waals surface area contributed by atoms with Crippen molar-refractivity contribution in [3.05, 3.63) is 42.5 Å². The van der Waals surface area contributed by atoms with Crippen molar-refractivity contribution in [1.29, 1.82) is 0 Å². The van der Waals surface area contributed by atoms with Crippen molar-refractivity contribution in [3.63, 3.8) is 0 Å². The molecule has 0 N–H and O–H groups in total. The number of likely N-dealkylation sites (tertiary alicyclic amines) is 1. The Bertz CT molecular complexity index is 698. The number of nitrogens with zero attached hydrogens (tertiary/aromatic N) is 1. The lowest BCUT2D eigenvalue weighted by Gasteiger charge is -2.41. The molecule has 1 aliphatic rings. The van der Waals surface area contributed by atoms with Crippen molar-refractivity contribution in [2.75, 3.05) is 20.8 Å². The Morgan fingerprint density at radius 2 is 1.88 bits per heavy atom. The fourth-order valence-electron chi connectivity index (χ4n) is 2.92. The highest BCUT2D eigenvalue weighted by Gasteiger charge is 2.47. The Kier molecular flexibility index (Phi) is 5.79. The fourth-order valence-corrected chi connectivity index (χ4v) is 4.60. The Hall–Kier alpha value is -1.70. The van der Waals surface area contributed by atoms with Gasteiger partial charge in [-0.2, -0.15) is 0 Å². The van der Waals surface area contributed by atoms with Crippen LogP contribution in [0.2, 0.25) is 0 Å². The lowest BCUT2D eigenvalue weighted by Crippen LogP contribution is -2.59. The molecule has 0 unspecified atom stereocenters. The van der Waals surface area contributed by atoms with Crippen LogP contribution in [0.4, 0.5) is 0 Å². The number of carbonyl (C=O) groups is 1. The number of carbonyl (C=O) groups excluding carboxylic acids is 1. The molecule has 2 rings (SSSR count). The molecule has 1 aliphatic heterocycles. The number of sulfone groups is 1. The normalized spacial score (nSPS) is 24.9. The van der Waals surface area contributed by atoms with Crippen molar-refractivity contribution in [2.24, 2.45) is 0 Å². The predicted octanol–water partition coefficient (Wildman–Crippen LogP) is 1.54. The Balaban J connectivity index is 2.42. The van der Waals surface area contributed by atoms with E-state index in [1.807, 2.05) is 6.92 Å². The molecule has 132 valence electrons. The molecule has 1 amide bonds. The van der Waals surface area contributed by atoms with Gasteiger partial charge in [-0.25, -0.2) is 8.42 Å². The number of piperidine rings is 1. The fraction of sp³-hybridized carbons (Fsp3) is 0.471. The van der Waals surface area contributed by atoms with Crippen LogP contribution in [-0.4, -0.2) is 57.6 Å². The summed E-state index contributed by atoms with van der Waals surface area (Å²) in [6, 6.07) is 6.49. The standard InChI is InChI=1S/C17H23NO5S/c1-5-10-18-16(19)15(11-14(22-3)17(18)23-4)24(20,21)13-8-6-12(2)7-9-13/h5-9,14-15,17H,1,10-11H2,2-4H3/t14-,15-,17+/m1/s1. The number of hydrogen-bond acceptors (Lipinski definition) is 5. The number of rotatable bonds is 6. The molecule has 0 bridgehead atoms. The molecule has 1 aromatic rings. The van der Waals surface area contributed by atoms with E-state index in [9.17, 15) is 13.2 Å². The van der Waals surface area contributed by atoms with E-state index in [0.717, 1.165) is 5.56 Å². The molecule has 1 saturated heterocycles. The third-order valence-electron chi connectivity index (χ3n) is 4.22. The highest BCUT2D eigenvalue weighted by atomic mass is 32.2. The van der Waals surface area contributed by atoms with Crippen molar-refractivity contribution in [3.8, 4) is 0 Å². The van der Waals surface area contributed by atoms with Gasteiger partial charge in [-0.15, -0.1) is 6.58 Å². The van der Waals surface area contributed by atoms with E-state index in [4.69, 9.17) is 9.47 Å². The van der Waals surface area contributed by atoms with Gasteiger partial charge >= 0.3 is 0 Å². The summed E-state index contributed by atoms with van der Waals surface area (Å²) in [5, 5.41) is -1.20. The summed E-state index contributed by atoms with van der Waals surface area (Å²) in [6.07, 6.45) is 0.428. The number of ether oxygens (including phenoxy) is 2. The Morgan fingerprint density at radius 1 is 1.25 bits per heavy atom. The van der Waals surface area contributed by atoms with Crippen LogP contribution in [0, 0.1) is 6.92 Å². The molecule has 0 spiro atoms. The summed E-state index contributed by atoms with van der Waals surface area (Å²) in [4.78, 5) is 14.3. The summed E-state index contributed by atoms with van der Waals surface area (Å²) < 4.78 is 36.6. The predicted molar refractivity (Wildman–Crippen MR) is 90.3 cm³/mol. The lowest BCUT2D eigenvalue weighted by atomic mass is 10.0. The second kappa shape index (κ2) is 7.46. The summed E-state index contributed by atoms with van der Waals surface area (Å²) in [5.74, 6) is -0.490. The first-order chi connectivity index (χ1) is 11.4. The number of methoxy groups -OCH3 is 2. The monoisotopic (exact) mass is 353 g/mol. The molecule has 1 fully saturated rings. The third-order valence-corrected chi connectivity index (χ3v) is 6.30. The van der Waals surface area contributed by atoms with Crippen LogP contribution < -0.4 is 0 Å². The smallest absolute Gasteiger partial charge is 0.243 e. The number of hydrogen-bond donors (Lipinski definition) is 0. The average molecular weight is 353 g/mol. The van der Waals surface area contributed by atoms with E-state index < -0.39 is 33.3 Å². The molecule has 0 saturated carbocycles. The maximum atomic E-state index is 12.9. The number of aryl methyl sites for hydroxylation is 1. The van der Waals surface area contributed by atoms with Crippen LogP contribution in [0.1, 0.15) is 12.0 Å². The third kappa shape index (κ3) is 3.38. The largest absolute Gasteiger partial charge is 0.377 e. The van der Waals surface area contributed by atoms with E-state index >= 15 is 0 Å². The first-order valence-electron chi connectivity index (χ1n) is 7.64. The summed E-state index contributed by atoms with van der Waals surface area (Å²) in [5.41, 5.74) is 0.950. The average Bonchev–Trinajstić information content (AvgIpc) is 2.56. The van der Waals surface area contributed by atoms with Gasteiger partial charge in [0.25, 0.3) is 0 Å². The van der Waals surface area contributed by atoms with Gasteiger partial charge in [-0.05, 0) is 19.1 Å². The molecule has 6 nitrogen and oxygen atoms in total.